The van der Waals surface area contributed by atoms with E-state index in [9.17, 15) is 9.59 Å². The second-order valence-electron chi connectivity index (χ2n) is 6.06. The standard InChI is InChI=1S/C19H24O5/c1-4-16(23-18(21)14(2)3)12-17(20)24-19(10-11-22-13-19)15-8-6-5-7-9-15/h5-9,16H,2,4,10-13H2,1,3H3. The van der Waals surface area contributed by atoms with Gasteiger partial charge in [0.1, 0.15) is 6.10 Å². The number of esters is 2. The van der Waals surface area contributed by atoms with Crippen molar-refractivity contribution >= 4 is 11.9 Å². The van der Waals surface area contributed by atoms with Crippen molar-refractivity contribution < 1.29 is 23.8 Å². The van der Waals surface area contributed by atoms with Gasteiger partial charge in [-0.2, -0.15) is 0 Å². The zero-order chi connectivity index (χ0) is 17.6. The highest BCUT2D eigenvalue weighted by Crippen LogP contribution is 2.35. The average molecular weight is 332 g/mol. The van der Waals surface area contributed by atoms with Gasteiger partial charge in [0.15, 0.2) is 5.60 Å². The summed E-state index contributed by atoms with van der Waals surface area (Å²) in [6, 6.07) is 9.60. The first-order valence-electron chi connectivity index (χ1n) is 8.18. The minimum Gasteiger partial charge on any atom is -0.458 e. The number of carbonyl (C=O) groups is 2. The molecule has 1 aromatic rings. The molecule has 1 saturated heterocycles. The summed E-state index contributed by atoms with van der Waals surface area (Å²) in [5.41, 5.74) is 0.476. The van der Waals surface area contributed by atoms with Gasteiger partial charge in [-0.05, 0) is 18.9 Å². The maximum atomic E-state index is 12.4. The highest BCUT2D eigenvalue weighted by atomic mass is 16.6. The number of rotatable bonds is 7. The zero-order valence-electron chi connectivity index (χ0n) is 14.2. The van der Waals surface area contributed by atoms with Gasteiger partial charge < -0.3 is 14.2 Å². The summed E-state index contributed by atoms with van der Waals surface area (Å²) < 4.78 is 16.5. The minimum atomic E-state index is -0.755. The van der Waals surface area contributed by atoms with E-state index in [1.807, 2.05) is 37.3 Å². The predicted octanol–water partition coefficient (Wildman–Crippen LogP) is 3.13. The van der Waals surface area contributed by atoms with Crippen LogP contribution in [0.15, 0.2) is 42.5 Å². The van der Waals surface area contributed by atoms with Gasteiger partial charge in [-0.1, -0.05) is 43.8 Å². The first-order chi connectivity index (χ1) is 11.5. The van der Waals surface area contributed by atoms with Crippen LogP contribution in [-0.2, 0) is 29.4 Å². The van der Waals surface area contributed by atoms with Crippen molar-refractivity contribution in [3.05, 3.63) is 48.0 Å². The Morgan fingerprint density at radius 2 is 2.04 bits per heavy atom. The van der Waals surface area contributed by atoms with E-state index in [1.165, 1.54) is 0 Å². The lowest BCUT2D eigenvalue weighted by atomic mass is 9.93. The lowest BCUT2D eigenvalue weighted by Crippen LogP contribution is -2.34. The minimum absolute atomic E-state index is 0.0180. The summed E-state index contributed by atoms with van der Waals surface area (Å²) in [7, 11) is 0. The Bertz CT molecular complexity index is 587. The lowest BCUT2D eigenvalue weighted by molar-refractivity contribution is -0.166. The maximum Gasteiger partial charge on any atom is 0.333 e. The van der Waals surface area contributed by atoms with Gasteiger partial charge in [-0.25, -0.2) is 4.79 Å². The smallest absolute Gasteiger partial charge is 0.333 e. The largest absolute Gasteiger partial charge is 0.458 e. The van der Waals surface area contributed by atoms with E-state index in [0.29, 0.717) is 31.6 Å². The summed E-state index contributed by atoms with van der Waals surface area (Å²) >= 11 is 0. The fourth-order valence-electron chi connectivity index (χ4n) is 2.62. The van der Waals surface area contributed by atoms with Gasteiger partial charge in [0.2, 0.25) is 0 Å². The van der Waals surface area contributed by atoms with E-state index in [-0.39, 0.29) is 6.42 Å². The fraction of sp³-hybridized carbons (Fsp3) is 0.474. The van der Waals surface area contributed by atoms with Gasteiger partial charge >= 0.3 is 11.9 Å². The van der Waals surface area contributed by atoms with Crippen LogP contribution in [0.3, 0.4) is 0 Å². The Morgan fingerprint density at radius 1 is 1.33 bits per heavy atom. The molecule has 5 nitrogen and oxygen atoms in total. The third-order valence-corrected chi connectivity index (χ3v) is 4.07. The number of hydrogen-bond donors (Lipinski definition) is 0. The Labute approximate surface area is 142 Å². The van der Waals surface area contributed by atoms with Crippen LogP contribution in [0, 0.1) is 0 Å². The van der Waals surface area contributed by atoms with Crippen LogP contribution < -0.4 is 0 Å². The number of carbonyl (C=O) groups excluding carboxylic acids is 2. The number of benzene rings is 1. The quantitative estimate of drug-likeness (QED) is 0.567. The first-order valence-corrected chi connectivity index (χ1v) is 8.18. The molecule has 2 unspecified atom stereocenters. The fourth-order valence-corrected chi connectivity index (χ4v) is 2.62. The molecule has 24 heavy (non-hydrogen) atoms. The zero-order valence-corrected chi connectivity index (χ0v) is 14.2. The highest BCUT2D eigenvalue weighted by molar-refractivity contribution is 5.87. The average Bonchev–Trinajstić information content (AvgIpc) is 3.04. The van der Waals surface area contributed by atoms with E-state index in [0.717, 1.165) is 5.56 Å². The van der Waals surface area contributed by atoms with Crippen molar-refractivity contribution in [1.29, 1.82) is 0 Å². The number of ether oxygens (including phenoxy) is 3. The molecule has 2 atom stereocenters. The highest BCUT2D eigenvalue weighted by Gasteiger charge is 2.41. The van der Waals surface area contributed by atoms with Gasteiger partial charge in [-0.15, -0.1) is 0 Å². The monoisotopic (exact) mass is 332 g/mol. The molecule has 2 rings (SSSR count). The summed E-state index contributed by atoms with van der Waals surface area (Å²) in [5, 5.41) is 0. The van der Waals surface area contributed by atoms with Crippen LogP contribution in [0.4, 0.5) is 0 Å². The van der Waals surface area contributed by atoms with Gasteiger partial charge in [0.05, 0.1) is 19.6 Å². The molecule has 130 valence electrons. The van der Waals surface area contributed by atoms with Crippen LogP contribution in [0.5, 0.6) is 0 Å². The Kier molecular flexibility index (Phi) is 6.15. The van der Waals surface area contributed by atoms with Crippen molar-refractivity contribution in [3.8, 4) is 0 Å². The molecule has 1 aliphatic heterocycles. The summed E-state index contributed by atoms with van der Waals surface area (Å²) in [6.07, 6.45) is 0.648. The third kappa shape index (κ3) is 4.45. The molecule has 0 bridgehead atoms. The third-order valence-electron chi connectivity index (χ3n) is 4.07. The molecule has 1 aromatic carbocycles. The molecule has 5 heteroatoms. The van der Waals surface area contributed by atoms with Crippen molar-refractivity contribution in [2.75, 3.05) is 13.2 Å². The van der Waals surface area contributed by atoms with E-state index < -0.39 is 23.6 Å². The molecule has 0 aromatic heterocycles. The second-order valence-corrected chi connectivity index (χ2v) is 6.06. The van der Waals surface area contributed by atoms with Crippen LogP contribution in [0.2, 0.25) is 0 Å². The molecule has 0 aliphatic carbocycles. The molecule has 1 fully saturated rings. The second kappa shape index (κ2) is 8.11. The topological polar surface area (TPSA) is 61.8 Å². The SMILES string of the molecule is C=C(C)C(=O)OC(CC)CC(=O)OC1(c2ccccc2)CCOC1. The molecule has 0 saturated carbocycles. The van der Waals surface area contributed by atoms with Crippen LogP contribution in [0.25, 0.3) is 0 Å². The van der Waals surface area contributed by atoms with Crippen molar-refractivity contribution in [2.45, 2.75) is 44.8 Å². The Morgan fingerprint density at radius 3 is 2.58 bits per heavy atom. The van der Waals surface area contributed by atoms with Gasteiger partial charge in [0, 0.05) is 12.0 Å². The summed E-state index contributed by atoms with van der Waals surface area (Å²) in [6.45, 7) is 7.87. The molecule has 1 heterocycles. The van der Waals surface area contributed by atoms with Crippen LogP contribution >= 0.6 is 0 Å². The summed E-state index contributed by atoms with van der Waals surface area (Å²) in [4.78, 5) is 24.0. The molecule has 0 spiro atoms. The Balaban J connectivity index is 2.03. The number of hydrogen-bond acceptors (Lipinski definition) is 5. The van der Waals surface area contributed by atoms with Crippen LogP contribution in [-0.4, -0.2) is 31.3 Å². The Hall–Kier alpha value is -2.14. The van der Waals surface area contributed by atoms with E-state index in [2.05, 4.69) is 6.58 Å². The molecule has 1 aliphatic rings. The van der Waals surface area contributed by atoms with Crippen molar-refractivity contribution in [2.24, 2.45) is 0 Å². The molecular formula is C19H24O5. The predicted molar refractivity (Wildman–Crippen MR) is 89.3 cm³/mol. The lowest BCUT2D eigenvalue weighted by Gasteiger charge is -2.29. The molecule has 0 N–H and O–H groups in total. The van der Waals surface area contributed by atoms with E-state index >= 15 is 0 Å². The van der Waals surface area contributed by atoms with Gasteiger partial charge in [0.25, 0.3) is 0 Å². The molecular weight excluding hydrogens is 308 g/mol. The summed E-state index contributed by atoms with van der Waals surface area (Å²) in [5.74, 6) is -0.887. The van der Waals surface area contributed by atoms with E-state index in [1.54, 1.807) is 6.92 Å². The van der Waals surface area contributed by atoms with Crippen LogP contribution in [0.1, 0.15) is 38.7 Å². The molecule has 0 amide bonds. The van der Waals surface area contributed by atoms with Crippen molar-refractivity contribution in [1.82, 2.24) is 0 Å². The normalized spacial score (nSPS) is 21.1. The van der Waals surface area contributed by atoms with E-state index in [4.69, 9.17) is 14.2 Å². The molecule has 0 radical (unpaired) electrons. The first kappa shape index (κ1) is 18.2. The van der Waals surface area contributed by atoms with Gasteiger partial charge in [-0.3, -0.25) is 4.79 Å². The van der Waals surface area contributed by atoms with Crippen molar-refractivity contribution in [3.63, 3.8) is 0 Å². The maximum absolute atomic E-state index is 12.4.